The monoisotopic (exact) mass is 476 g/mol. The number of pyridine rings is 1. The Labute approximate surface area is 196 Å². The first-order valence-electron chi connectivity index (χ1n) is 11.0. The number of anilines is 2. The number of hydrogen-bond donors (Lipinski definition) is 3. The molecule has 2 fully saturated rings. The summed E-state index contributed by atoms with van der Waals surface area (Å²) in [5.41, 5.74) is -1.04. The molecule has 1 aliphatic heterocycles. The molecular weight excluding hydrogens is 450 g/mol. The fourth-order valence-electron chi connectivity index (χ4n) is 4.00. The van der Waals surface area contributed by atoms with E-state index in [0.29, 0.717) is 12.3 Å². The first-order chi connectivity index (χ1) is 15.8. The van der Waals surface area contributed by atoms with Crippen molar-refractivity contribution >= 4 is 35.0 Å². The molecule has 0 radical (unpaired) electrons. The normalized spacial score (nSPS) is 17.0. The van der Waals surface area contributed by atoms with Gasteiger partial charge in [-0.3, -0.25) is 4.90 Å². The van der Waals surface area contributed by atoms with Crippen LogP contribution < -0.4 is 15.0 Å². The molecule has 0 atom stereocenters. The van der Waals surface area contributed by atoms with Crippen LogP contribution in [0.25, 0.3) is 0 Å². The summed E-state index contributed by atoms with van der Waals surface area (Å²) >= 11 is 4.79. The molecule has 1 aromatic heterocycles. The number of ether oxygens (including phenoxy) is 1. The van der Waals surface area contributed by atoms with Crippen molar-refractivity contribution in [3.8, 4) is 5.75 Å². The van der Waals surface area contributed by atoms with Gasteiger partial charge in [0.2, 0.25) is 0 Å². The average molecular weight is 477 g/mol. The summed E-state index contributed by atoms with van der Waals surface area (Å²) in [5.74, 6) is 0.764. The van der Waals surface area contributed by atoms with Crippen molar-refractivity contribution in [3.05, 3.63) is 47.7 Å². The number of halogens is 3. The van der Waals surface area contributed by atoms with Crippen LogP contribution in [0.15, 0.2) is 36.5 Å². The maximum Gasteiger partial charge on any atom is 0.487 e. The van der Waals surface area contributed by atoms with E-state index in [1.807, 2.05) is 6.07 Å². The minimum absolute atomic E-state index is 0.0317. The van der Waals surface area contributed by atoms with Gasteiger partial charge >= 0.3 is 5.57 Å². The predicted molar refractivity (Wildman–Crippen MR) is 126 cm³/mol. The Morgan fingerprint density at radius 2 is 1.91 bits per heavy atom. The van der Waals surface area contributed by atoms with E-state index in [-0.39, 0.29) is 12.2 Å². The van der Waals surface area contributed by atoms with Crippen molar-refractivity contribution in [1.29, 1.82) is 10.8 Å². The van der Waals surface area contributed by atoms with Crippen LogP contribution in [-0.4, -0.2) is 59.6 Å². The fourth-order valence-corrected chi connectivity index (χ4v) is 4.09. The smallest absolute Gasteiger partial charge is 0.420 e. The SMILES string of the molecule is N=CCC(=N)c1cc(CNc2ccc(OC(F)(F)Cl)cc2)cnc1N1CCN(C2CC2)CC1. The number of aromatic nitrogens is 1. The largest absolute Gasteiger partial charge is 0.487 e. The Hall–Kier alpha value is -2.78. The maximum atomic E-state index is 12.7. The van der Waals surface area contributed by atoms with Gasteiger partial charge in [0, 0.05) is 86.2 Å². The second kappa shape index (κ2) is 10.0. The lowest BCUT2D eigenvalue weighted by molar-refractivity contribution is -0.0964. The molecule has 33 heavy (non-hydrogen) atoms. The molecule has 1 aliphatic carbocycles. The van der Waals surface area contributed by atoms with E-state index in [4.69, 9.17) is 27.4 Å². The van der Waals surface area contributed by atoms with Crippen molar-refractivity contribution in [2.45, 2.75) is 37.4 Å². The summed E-state index contributed by atoms with van der Waals surface area (Å²) in [7, 11) is 0. The molecule has 0 spiro atoms. The molecular formula is C23H27ClF2N6O. The zero-order chi connectivity index (χ0) is 23.4. The van der Waals surface area contributed by atoms with Gasteiger partial charge in [0.25, 0.3) is 0 Å². The van der Waals surface area contributed by atoms with Gasteiger partial charge in [-0.25, -0.2) is 4.98 Å². The van der Waals surface area contributed by atoms with Crippen LogP contribution in [0, 0.1) is 10.8 Å². The standard InChI is InChI=1S/C23H27ClF2N6O/c24-23(25,26)33-19-5-1-17(2-6-19)29-14-16-13-20(21(28)7-8-27)22(30-15-16)32-11-9-31(10-12-32)18-3-4-18/h1-2,5-6,8,13,15,18,27-29H,3-4,7,9-12,14H2. The van der Waals surface area contributed by atoms with E-state index in [1.165, 1.54) is 31.2 Å². The van der Waals surface area contributed by atoms with Gasteiger partial charge in [-0.2, -0.15) is 0 Å². The average Bonchev–Trinajstić information content (AvgIpc) is 3.63. The molecule has 1 saturated carbocycles. The summed E-state index contributed by atoms with van der Waals surface area (Å²) < 4.78 is 29.8. The van der Waals surface area contributed by atoms with E-state index >= 15 is 0 Å². The van der Waals surface area contributed by atoms with Crippen LogP contribution in [0.5, 0.6) is 5.75 Å². The van der Waals surface area contributed by atoms with Gasteiger partial charge in [0.05, 0.1) is 0 Å². The quantitative estimate of drug-likeness (QED) is 0.346. The van der Waals surface area contributed by atoms with Gasteiger partial charge in [-0.15, -0.1) is 8.78 Å². The topological polar surface area (TPSA) is 88.3 Å². The number of piperazine rings is 1. The lowest BCUT2D eigenvalue weighted by Gasteiger charge is -2.36. The molecule has 176 valence electrons. The van der Waals surface area contributed by atoms with Gasteiger partial charge in [-0.05, 0) is 48.7 Å². The van der Waals surface area contributed by atoms with Crippen molar-refractivity contribution < 1.29 is 13.5 Å². The van der Waals surface area contributed by atoms with Crippen LogP contribution in [0.2, 0.25) is 0 Å². The van der Waals surface area contributed by atoms with Crippen molar-refractivity contribution in [3.63, 3.8) is 0 Å². The van der Waals surface area contributed by atoms with E-state index in [2.05, 4.69) is 19.9 Å². The highest BCUT2D eigenvalue weighted by molar-refractivity contribution is 6.20. The predicted octanol–water partition coefficient (Wildman–Crippen LogP) is 4.55. The zero-order valence-corrected chi connectivity index (χ0v) is 18.9. The van der Waals surface area contributed by atoms with Crippen molar-refractivity contribution in [1.82, 2.24) is 9.88 Å². The Kier molecular flexibility index (Phi) is 7.09. The highest BCUT2D eigenvalue weighted by atomic mass is 35.5. The number of alkyl halides is 3. The van der Waals surface area contributed by atoms with Crippen molar-refractivity contribution in [2.75, 3.05) is 36.4 Å². The minimum Gasteiger partial charge on any atom is -0.420 e. The van der Waals surface area contributed by atoms with E-state index in [0.717, 1.165) is 54.9 Å². The second-order valence-electron chi connectivity index (χ2n) is 8.28. The molecule has 2 aromatic rings. The first kappa shape index (κ1) is 23.4. The lowest BCUT2D eigenvalue weighted by Crippen LogP contribution is -2.47. The van der Waals surface area contributed by atoms with E-state index in [9.17, 15) is 8.78 Å². The Bertz CT molecular complexity index is 985. The summed E-state index contributed by atoms with van der Waals surface area (Å²) in [5, 5.41) is 19.1. The van der Waals surface area contributed by atoms with Gasteiger partial charge < -0.3 is 25.8 Å². The Morgan fingerprint density at radius 3 is 2.52 bits per heavy atom. The maximum absolute atomic E-state index is 12.7. The Morgan fingerprint density at radius 1 is 1.21 bits per heavy atom. The fraction of sp³-hybridized carbons (Fsp3) is 0.435. The molecule has 7 nitrogen and oxygen atoms in total. The Balaban J connectivity index is 1.43. The third-order valence-corrected chi connectivity index (χ3v) is 5.89. The van der Waals surface area contributed by atoms with Gasteiger partial charge in [0.1, 0.15) is 11.6 Å². The third-order valence-electron chi connectivity index (χ3n) is 5.82. The number of rotatable bonds is 10. The van der Waals surface area contributed by atoms with Gasteiger partial charge in [-0.1, -0.05) is 0 Å². The molecule has 0 amide bonds. The van der Waals surface area contributed by atoms with E-state index in [1.54, 1.807) is 18.3 Å². The summed E-state index contributed by atoms with van der Waals surface area (Å²) in [6.07, 6.45) is 5.87. The zero-order valence-electron chi connectivity index (χ0n) is 18.2. The minimum atomic E-state index is -3.75. The van der Waals surface area contributed by atoms with Gasteiger partial charge in [0.15, 0.2) is 0 Å². The first-order valence-corrected chi connectivity index (χ1v) is 11.3. The summed E-state index contributed by atoms with van der Waals surface area (Å²) in [4.78, 5) is 9.45. The van der Waals surface area contributed by atoms with E-state index < -0.39 is 5.57 Å². The molecule has 3 N–H and O–H groups in total. The number of nitrogens with one attached hydrogen (secondary N) is 3. The number of nitrogens with zero attached hydrogens (tertiary/aromatic N) is 3. The highest BCUT2D eigenvalue weighted by Crippen LogP contribution is 2.30. The number of hydrogen-bond acceptors (Lipinski definition) is 7. The summed E-state index contributed by atoms with van der Waals surface area (Å²) in [6.45, 7) is 4.20. The highest BCUT2D eigenvalue weighted by Gasteiger charge is 2.32. The summed E-state index contributed by atoms with van der Waals surface area (Å²) in [6, 6.07) is 8.75. The van der Waals surface area contributed by atoms with Crippen LogP contribution >= 0.6 is 11.6 Å². The van der Waals surface area contributed by atoms with Crippen LogP contribution in [0.3, 0.4) is 0 Å². The molecule has 2 heterocycles. The molecule has 10 heteroatoms. The second-order valence-corrected chi connectivity index (χ2v) is 8.72. The van der Waals surface area contributed by atoms with Crippen molar-refractivity contribution in [2.24, 2.45) is 0 Å². The molecule has 1 aromatic carbocycles. The van der Waals surface area contributed by atoms with Crippen LogP contribution in [0.4, 0.5) is 20.3 Å². The van der Waals surface area contributed by atoms with Crippen LogP contribution in [0.1, 0.15) is 30.4 Å². The van der Waals surface area contributed by atoms with Crippen LogP contribution in [-0.2, 0) is 6.54 Å². The lowest BCUT2D eigenvalue weighted by atomic mass is 10.1. The third kappa shape index (κ3) is 6.39. The molecule has 0 bridgehead atoms. The molecule has 1 saturated heterocycles. The number of benzene rings is 1. The molecule has 2 aliphatic rings. The molecule has 0 unspecified atom stereocenters. The molecule has 4 rings (SSSR count).